The summed E-state index contributed by atoms with van der Waals surface area (Å²) in [4.78, 5) is 26.2. The topological polar surface area (TPSA) is 93.5 Å². The Hall–Kier alpha value is -1.48. The van der Waals surface area contributed by atoms with Crippen molar-refractivity contribution in [3.05, 3.63) is 45.3 Å². The average Bonchev–Trinajstić information content (AvgIpc) is 2.93. The number of rotatable bonds is 6. The highest BCUT2D eigenvalue weighted by Gasteiger charge is 2.47. The zero-order chi connectivity index (χ0) is 20.6. The number of aliphatic hydroxyl groups excluding tert-OH is 1. The normalized spacial score (nSPS) is 24.8. The van der Waals surface area contributed by atoms with Crippen LogP contribution in [0.5, 0.6) is 0 Å². The van der Waals surface area contributed by atoms with Crippen molar-refractivity contribution in [2.45, 2.75) is 83.2 Å². The Morgan fingerprint density at radius 1 is 1.48 bits per heavy atom. The Kier molecular flexibility index (Phi) is 6.36. The quantitative estimate of drug-likeness (QED) is 0.569. The van der Waals surface area contributed by atoms with Crippen molar-refractivity contribution in [1.29, 1.82) is 0 Å². The molecule has 0 bridgehead atoms. The molecule has 4 atom stereocenters. The molecule has 0 spiro atoms. The van der Waals surface area contributed by atoms with Gasteiger partial charge in [-0.1, -0.05) is 26.8 Å². The standard InChI is InChI=1S/C19H32N2O5Si/c1-8-9-13(22)16-14(26-27(6,7)19(3,4)5)10-15(25-16)21-11-12(2)17(23)20-18(21)24/h8,11,13-16,22H,1,9-10H2,2-7H3,(H,20,23,24)/t13?,14-,15+,16+/m0/s1. The predicted octanol–water partition coefficient (Wildman–Crippen LogP) is 2.46. The van der Waals surface area contributed by atoms with E-state index in [1.165, 1.54) is 10.8 Å². The lowest BCUT2D eigenvalue weighted by atomic mass is 10.1. The van der Waals surface area contributed by atoms with Crippen molar-refractivity contribution in [3.63, 3.8) is 0 Å². The monoisotopic (exact) mass is 396 g/mol. The van der Waals surface area contributed by atoms with Crippen LogP contribution in [0.3, 0.4) is 0 Å². The second kappa shape index (κ2) is 7.87. The van der Waals surface area contributed by atoms with E-state index < -0.39 is 38.0 Å². The molecule has 7 nitrogen and oxygen atoms in total. The first-order valence-corrected chi connectivity index (χ1v) is 12.2. The molecule has 2 heterocycles. The van der Waals surface area contributed by atoms with Gasteiger partial charge >= 0.3 is 5.69 Å². The minimum atomic E-state index is -2.11. The molecule has 1 unspecified atom stereocenters. The van der Waals surface area contributed by atoms with Gasteiger partial charge in [0, 0.05) is 18.2 Å². The largest absolute Gasteiger partial charge is 0.411 e. The molecular formula is C19H32N2O5Si. The van der Waals surface area contributed by atoms with Crippen LogP contribution >= 0.6 is 0 Å². The van der Waals surface area contributed by atoms with E-state index in [0.717, 1.165) is 0 Å². The number of aromatic amines is 1. The van der Waals surface area contributed by atoms with Crippen molar-refractivity contribution < 1.29 is 14.3 Å². The lowest BCUT2D eigenvalue weighted by Gasteiger charge is -2.39. The molecule has 0 aliphatic carbocycles. The Morgan fingerprint density at radius 2 is 2.11 bits per heavy atom. The smallest absolute Gasteiger partial charge is 0.330 e. The lowest BCUT2D eigenvalue weighted by molar-refractivity contribution is -0.0798. The number of hydrogen-bond donors (Lipinski definition) is 2. The number of aryl methyl sites for hydroxylation is 1. The van der Waals surface area contributed by atoms with E-state index in [1.807, 2.05) is 0 Å². The molecule has 1 aromatic heterocycles. The fraction of sp³-hybridized carbons (Fsp3) is 0.684. The zero-order valence-electron chi connectivity index (χ0n) is 17.1. The number of hydrogen-bond acceptors (Lipinski definition) is 5. The zero-order valence-corrected chi connectivity index (χ0v) is 18.1. The summed E-state index contributed by atoms with van der Waals surface area (Å²) in [5.41, 5.74) is -0.512. The van der Waals surface area contributed by atoms with E-state index in [2.05, 4.69) is 45.4 Å². The molecule has 8 heteroatoms. The van der Waals surface area contributed by atoms with Gasteiger partial charge in [0.2, 0.25) is 0 Å². The number of H-pyrrole nitrogens is 1. The Morgan fingerprint density at radius 3 is 2.67 bits per heavy atom. The molecule has 0 aromatic carbocycles. The molecular weight excluding hydrogens is 364 g/mol. The Balaban J connectivity index is 2.35. The highest BCUT2D eigenvalue weighted by Crippen LogP contribution is 2.41. The number of nitrogens with one attached hydrogen (secondary N) is 1. The first-order chi connectivity index (χ1) is 12.4. The summed E-state index contributed by atoms with van der Waals surface area (Å²) in [6.45, 7) is 16.1. The maximum Gasteiger partial charge on any atom is 0.330 e. The molecule has 1 fully saturated rings. The van der Waals surface area contributed by atoms with Gasteiger partial charge in [-0.25, -0.2) is 4.79 Å². The molecule has 1 aliphatic rings. The van der Waals surface area contributed by atoms with E-state index in [4.69, 9.17) is 9.16 Å². The van der Waals surface area contributed by atoms with Crippen LogP contribution in [0.4, 0.5) is 0 Å². The second-order valence-corrected chi connectivity index (χ2v) is 13.5. The predicted molar refractivity (Wildman–Crippen MR) is 107 cm³/mol. The van der Waals surface area contributed by atoms with Crippen LogP contribution in [0, 0.1) is 6.92 Å². The fourth-order valence-corrected chi connectivity index (χ4v) is 4.29. The molecule has 2 N–H and O–H groups in total. The van der Waals surface area contributed by atoms with Crippen LogP contribution < -0.4 is 11.2 Å². The van der Waals surface area contributed by atoms with Crippen LogP contribution in [0.15, 0.2) is 28.4 Å². The summed E-state index contributed by atoms with van der Waals surface area (Å²) in [6.07, 6.45) is 1.64. The fourth-order valence-electron chi connectivity index (χ4n) is 2.95. The minimum Gasteiger partial charge on any atom is -0.411 e. The van der Waals surface area contributed by atoms with Crippen molar-refractivity contribution >= 4 is 8.32 Å². The van der Waals surface area contributed by atoms with Crippen LogP contribution in [-0.4, -0.2) is 41.3 Å². The Labute approximate surface area is 161 Å². The Bertz CT molecular complexity index is 793. The molecule has 1 aliphatic heterocycles. The van der Waals surface area contributed by atoms with Gasteiger partial charge in [-0.15, -0.1) is 6.58 Å². The maximum atomic E-state index is 12.2. The summed E-state index contributed by atoms with van der Waals surface area (Å²) in [5, 5.41) is 10.6. The van der Waals surface area contributed by atoms with Gasteiger partial charge in [-0.3, -0.25) is 14.3 Å². The molecule has 0 amide bonds. The van der Waals surface area contributed by atoms with Gasteiger partial charge in [0.15, 0.2) is 8.32 Å². The lowest BCUT2D eigenvalue weighted by Crippen LogP contribution is -2.48. The summed E-state index contributed by atoms with van der Waals surface area (Å²) in [7, 11) is -2.11. The molecule has 152 valence electrons. The second-order valence-electron chi connectivity index (χ2n) is 8.78. The van der Waals surface area contributed by atoms with E-state index in [1.54, 1.807) is 13.0 Å². The van der Waals surface area contributed by atoms with Gasteiger partial charge < -0.3 is 14.3 Å². The molecule has 2 rings (SSSR count). The summed E-state index contributed by atoms with van der Waals surface area (Å²) in [6, 6.07) is 0. The van der Waals surface area contributed by atoms with E-state index in [0.29, 0.717) is 18.4 Å². The highest BCUT2D eigenvalue weighted by molar-refractivity contribution is 6.74. The SMILES string of the molecule is C=CCC(O)[C@H]1O[C@@H](n2cc(C)c(=O)[nH]c2=O)C[C@@H]1O[Si](C)(C)C(C)(C)C. The van der Waals surface area contributed by atoms with Crippen molar-refractivity contribution in [3.8, 4) is 0 Å². The summed E-state index contributed by atoms with van der Waals surface area (Å²) < 4.78 is 13.9. The van der Waals surface area contributed by atoms with Crippen LogP contribution in [-0.2, 0) is 9.16 Å². The van der Waals surface area contributed by atoms with Crippen molar-refractivity contribution in [1.82, 2.24) is 9.55 Å². The highest BCUT2D eigenvalue weighted by atomic mass is 28.4. The first kappa shape index (κ1) is 21.8. The van der Waals surface area contributed by atoms with Crippen molar-refractivity contribution in [2.24, 2.45) is 0 Å². The van der Waals surface area contributed by atoms with Gasteiger partial charge in [-0.2, -0.15) is 0 Å². The summed E-state index contributed by atoms with van der Waals surface area (Å²) >= 11 is 0. The van der Waals surface area contributed by atoms with E-state index >= 15 is 0 Å². The third kappa shape index (κ3) is 4.68. The molecule has 27 heavy (non-hydrogen) atoms. The summed E-state index contributed by atoms with van der Waals surface area (Å²) in [5.74, 6) is 0. The molecule has 1 aromatic rings. The van der Waals surface area contributed by atoms with E-state index in [-0.39, 0.29) is 11.1 Å². The molecule has 1 saturated heterocycles. The van der Waals surface area contributed by atoms with Gasteiger partial charge in [0.25, 0.3) is 5.56 Å². The van der Waals surface area contributed by atoms with Crippen LogP contribution in [0.2, 0.25) is 18.1 Å². The van der Waals surface area contributed by atoms with Gasteiger partial charge in [0.1, 0.15) is 12.3 Å². The minimum absolute atomic E-state index is 0.00440. The number of nitrogens with zero attached hydrogens (tertiary/aromatic N) is 1. The number of aliphatic hydroxyl groups is 1. The van der Waals surface area contributed by atoms with E-state index in [9.17, 15) is 14.7 Å². The third-order valence-electron chi connectivity index (χ3n) is 5.61. The number of aromatic nitrogens is 2. The average molecular weight is 397 g/mol. The first-order valence-electron chi connectivity index (χ1n) is 9.31. The van der Waals surface area contributed by atoms with Gasteiger partial charge in [0.05, 0.1) is 12.2 Å². The maximum absolute atomic E-state index is 12.2. The van der Waals surface area contributed by atoms with Crippen LogP contribution in [0.1, 0.15) is 45.4 Å². The van der Waals surface area contributed by atoms with Crippen LogP contribution in [0.25, 0.3) is 0 Å². The molecule has 0 radical (unpaired) electrons. The molecule has 0 saturated carbocycles. The van der Waals surface area contributed by atoms with Crippen molar-refractivity contribution in [2.75, 3.05) is 0 Å². The number of ether oxygens (including phenoxy) is 1. The van der Waals surface area contributed by atoms with Gasteiger partial charge in [-0.05, 0) is 31.5 Å². The third-order valence-corrected chi connectivity index (χ3v) is 10.1.